The molecule has 0 spiro atoms. The molecule has 0 aliphatic rings. The molecule has 2 heterocycles. The summed E-state index contributed by atoms with van der Waals surface area (Å²) in [7, 11) is 0. The third-order valence-electron chi connectivity index (χ3n) is 4.84. The van der Waals surface area contributed by atoms with E-state index in [2.05, 4.69) is 68.4 Å². The van der Waals surface area contributed by atoms with E-state index < -0.39 is 0 Å². The van der Waals surface area contributed by atoms with Crippen molar-refractivity contribution >= 4 is 53.3 Å². The summed E-state index contributed by atoms with van der Waals surface area (Å²) in [5, 5.41) is 6.30. The Balaban J connectivity index is 2.01. The molecule has 0 unspecified atom stereocenters. The van der Waals surface area contributed by atoms with Gasteiger partial charge in [-0.1, -0.05) is 48.5 Å². The molecule has 3 aromatic carbocycles. The first kappa shape index (κ1) is 13.0. The van der Waals surface area contributed by atoms with Crippen molar-refractivity contribution < 1.29 is 0 Å². The van der Waals surface area contributed by atoms with Crippen LogP contribution in [0.15, 0.2) is 54.6 Å². The van der Waals surface area contributed by atoms with Crippen LogP contribution >= 0.6 is 11.3 Å². The Kier molecular flexibility index (Phi) is 2.56. The maximum Gasteiger partial charge on any atom is 0.125 e. The molecule has 0 amide bonds. The summed E-state index contributed by atoms with van der Waals surface area (Å²) in [5.41, 5.74) is 3.83. The molecule has 0 aliphatic heterocycles. The van der Waals surface area contributed by atoms with Crippen molar-refractivity contribution in [3.63, 3.8) is 0 Å². The maximum absolute atomic E-state index is 5.03. The summed E-state index contributed by atoms with van der Waals surface area (Å²) in [4.78, 5) is 6.17. The quantitative estimate of drug-likeness (QED) is 0.303. The van der Waals surface area contributed by atoms with Crippen molar-refractivity contribution in [2.75, 3.05) is 0 Å². The van der Waals surface area contributed by atoms with Gasteiger partial charge in [0.05, 0.1) is 5.52 Å². The van der Waals surface area contributed by atoms with E-state index in [0.29, 0.717) is 0 Å². The molecular weight excluding hydrogens is 298 g/mol. The highest BCUT2D eigenvalue weighted by Gasteiger charge is 2.11. The van der Waals surface area contributed by atoms with E-state index in [0.717, 1.165) is 10.3 Å². The summed E-state index contributed by atoms with van der Waals surface area (Å²) >= 11 is 1.81. The third-order valence-corrected chi connectivity index (χ3v) is 6.08. The van der Waals surface area contributed by atoms with Crippen LogP contribution in [0.5, 0.6) is 0 Å². The molecule has 0 radical (unpaired) electrons. The number of thiophene rings is 1. The molecule has 0 N–H and O–H groups in total. The highest BCUT2D eigenvalue weighted by atomic mass is 32.1. The minimum absolute atomic E-state index is 1.11. The second-order valence-corrected chi connectivity index (χ2v) is 7.18. The number of hydrogen-bond donors (Lipinski definition) is 0. The first-order chi connectivity index (χ1) is 11.2. The van der Waals surface area contributed by atoms with Gasteiger partial charge >= 0.3 is 0 Å². The van der Waals surface area contributed by atoms with Gasteiger partial charge in [0.25, 0.3) is 0 Å². The van der Waals surface area contributed by atoms with E-state index in [9.17, 15) is 0 Å². The summed E-state index contributed by atoms with van der Waals surface area (Å²) in [6, 6.07) is 19.6. The van der Waals surface area contributed by atoms with E-state index in [1.54, 1.807) is 0 Å². The average Bonchev–Trinajstić information content (AvgIpc) is 2.94. The average molecular weight is 313 g/mol. The van der Waals surface area contributed by atoms with E-state index in [4.69, 9.17) is 4.98 Å². The predicted molar refractivity (Wildman–Crippen MR) is 102 cm³/mol. The SMILES string of the molecule is Cc1ccc2c(sc3nc4c(ccc5ccccc54)cc32)c1C. The van der Waals surface area contributed by atoms with Gasteiger partial charge in [0.15, 0.2) is 0 Å². The zero-order valence-corrected chi connectivity index (χ0v) is 13.9. The number of aromatic nitrogens is 1. The highest BCUT2D eigenvalue weighted by Crippen LogP contribution is 2.38. The third kappa shape index (κ3) is 1.76. The lowest BCUT2D eigenvalue weighted by Crippen LogP contribution is -1.82. The zero-order chi connectivity index (χ0) is 15.6. The number of nitrogens with zero attached hydrogens (tertiary/aromatic N) is 1. The van der Waals surface area contributed by atoms with Crippen molar-refractivity contribution in [1.29, 1.82) is 0 Å². The molecule has 2 heteroatoms. The van der Waals surface area contributed by atoms with Gasteiger partial charge in [-0.2, -0.15) is 0 Å². The largest absolute Gasteiger partial charge is 0.236 e. The van der Waals surface area contributed by atoms with Crippen LogP contribution in [0.1, 0.15) is 11.1 Å². The van der Waals surface area contributed by atoms with Crippen LogP contribution in [0.2, 0.25) is 0 Å². The van der Waals surface area contributed by atoms with Gasteiger partial charge < -0.3 is 0 Å². The van der Waals surface area contributed by atoms with Crippen molar-refractivity contribution in [3.8, 4) is 0 Å². The van der Waals surface area contributed by atoms with Gasteiger partial charge in [-0.15, -0.1) is 11.3 Å². The van der Waals surface area contributed by atoms with Crippen molar-refractivity contribution in [3.05, 3.63) is 65.7 Å². The molecule has 2 aromatic heterocycles. The summed E-state index contributed by atoms with van der Waals surface area (Å²) in [6.45, 7) is 4.39. The molecular formula is C21H15NS. The normalized spacial score (nSPS) is 11.9. The standard InChI is InChI=1S/C21H15NS/c1-12-7-10-17-18-11-15-9-8-14-5-3-4-6-16(14)19(15)22-21(18)23-20(17)13(12)2/h3-11H,1-2H3. The Morgan fingerprint density at radius 2 is 1.61 bits per heavy atom. The molecule has 0 saturated heterocycles. The molecule has 0 saturated carbocycles. The predicted octanol–water partition coefficient (Wildman–Crippen LogP) is 6.37. The lowest BCUT2D eigenvalue weighted by Gasteiger charge is -2.03. The van der Waals surface area contributed by atoms with E-state index >= 15 is 0 Å². The number of benzene rings is 3. The van der Waals surface area contributed by atoms with Gasteiger partial charge in [0.1, 0.15) is 4.83 Å². The highest BCUT2D eigenvalue weighted by molar-refractivity contribution is 7.25. The number of aryl methyl sites for hydroxylation is 2. The molecule has 5 aromatic rings. The van der Waals surface area contributed by atoms with E-state index in [1.165, 1.54) is 42.8 Å². The van der Waals surface area contributed by atoms with Crippen molar-refractivity contribution in [1.82, 2.24) is 4.98 Å². The second-order valence-electron chi connectivity index (χ2n) is 6.19. The van der Waals surface area contributed by atoms with Crippen LogP contribution in [-0.4, -0.2) is 4.98 Å². The lowest BCUT2D eigenvalue weighted by molar-refractivity contribution is 1.39. The summed E-state index contributed by atoms with van der Waals surface area (Å²) in [5.74, 6) is 0. The lowest BCUT2D eigenvalue weighted by atomic mass is 10.0. The van der Waals surface area contributed by atoms with Crippen molar-refractivity contribution in [2.24, 2.45) is 0 Å². The van der Waals surface area contributed by atoms with E-state index in [1.807, 2.05) is 11.3 Å². The van der Waals surface area contributed by atoms with Crippen LogP contribution in [0, 0.1) is 13.8 Å². The van der Waals surface area contributed by atoms with Gasteiger partial charge in [-0.3, -0.25) is 0 Å². The first-order valence-corrected chi connectivity index (χ1v) is 8.65. The Morgan fingerprint density at radius 1 is 0.783 bits per heavy atom. The molecule has 0 bridgehead atoms. The van der Waals surface area contributed by atoms with Crippen LogP contribution in [0.3, 0.4) is 0 Å². The van der Waals surface area contributed by atoms with Gasteiger partial charge in [-0.25, -0.2) is 4.98 Å². The number of rotatable bonds is 0. The Morgan fingerprint density at radius 3 is 2.52 bits per heavy atom. The topological polar surface area (TPSA) is 12.9 Å². The summed E-state index contributed by atoms with van der Waals surface area (Å²) in [6.07, 6.45) is 0. The second kappa shape index (κ2) is 4.53. The van der Waals surface area contributed by atoms with Crippen LogP contribution in [-0.2, 0) is 0 Å². The van der Waals surface area contributed by atoms with E-state index in [-0.39, 0.29) is 0 Å². The zero-order valence-electron chi connectivity index (χ0n) is 13.1. The fourth-order valence-corrected chi connectivity index (χ4v) is 4.60. The number of hydrogen-bond acceptors (Lipinski definition) is 2. The molecule has 5 rings (SSSR count). The fourth-order valence-electron chi connectivity index (χ4n) is 3.39. The fraction of sp³-hybridized carbons (Fsp3) is 0.0952. The minimum Gasteiger partial charge on any atom is -0.236 e. The Labute approximate surface area is 138 Å². The van der Waals surface area contributed by atoms with Crippen LogP contribution in [0.4, 0.5) is 0 Å². The molecule has 110 valence electrons. The van der Waals surface area contributed by atoms with Crippen LogP contribution in [0.25, 0.3) is 42.0 Å². The molecule has 0 aliphatic carbocycles. The first-order valence-electron chi connectivity index (χ1n) is 7.83. The molecule has 0 fully saturated rings. The van der Waals surface area contributed by atoms with Gasteiger partial charge in [0, 0.05) is 26.2 Å². The number of pyridine rings is 1. The molecule has 23 heavy (non-hydrogen) atoms. The Hall–Kier alpha value is -2.45. The number of fused-ring (bicyclic) bond motifs is 6. The molecule has 0 atom stereocenters. The van der Waals surface area contributed by atoms with Gasteiger partial charge in [0.2, 0.25) is 0 Å². The van der Waals surface area contributed by atoms with Gasteiger partial charge in [-0.05, 0) is 36.4 Å². The van der Waals surface area contributed by atoms with Crippen molar-refractivity contribution in [2.45, 2.75) is 13.8 Å². The minimum atomic E-state index is 1.11. The summed E-state index contributed by atoms with van der Waals surface area (Å²) < 4.78 is 1.37. The molecule has 1 nitrogen and oxygen atoms in total. The maximum atomic E-state index is 5.03. The van der Waals surface area contributed by atoms with Crippen LogP contribution < -0.4 is 0 Å². The monoisotopic (exact) mass is 313 g/mol. The Bertz CT molecular complexity index is 1230. The smallest absolute Gasteiger partial charge is 0.125 e.